The van der Waals surface area contributed by atoms with Crippen LogP contribution < -0.4 is 5.32 Å². The highest BCUT2D eigenvalue weighted by Crippen LogP contribution is 2.24. The number of carbonyl (C=O) groups is 1. The third kappa shape index (κ3) is 1.31. The molecule has 0 saturated heterocycles. The number of aromatic nitrogens is 1. The Morgan fingerprint density at radius 1 is 1.33 bits per heavy atom. The molecule has 1 aliphatic heterocycles. The Morgan fingerprint density at radius 2 is 2.20 bits per heavy atom. The van der Waals surface area contributed by atoms with E-state index in [4.69, 9.17) is 11.6 Å². The van der Waals surface area contributed by atoms with Gasteiger partial charge < -0.3 is 9.88 Å². The van der Waals surface area contributed by atoms with Crippen molar-refractivity contribution in [3.63, 3.8) is 0 Å². The van der Waals surface area contributed by atoms with Gasteiger partial charge in [-0.25, -0.2) is 0 Å². The number of fused-ring (bicyclic) bond motifs is 3. The van der Waals surface area contributed by atoms with Gasteiger partial charge in [-0.3, -0.25) is 4.79 Å². The van der Waals surface area contributed by atoms with E-state index in [2.05, 4.69) is 11.4 Å². The summed E-state index contributed by atoms with van der Waals surface area (Å²) in [5.74, 6) is 0.0555. The Balaban J connectivity index is 2.30. The van der Waals surface area contributed by atoms with Crippen molar-refractivity contribution in [1.29, 1.82) is 0 Å². The van der Waals surface area contributed by atoms with Crippen molar-refractivity contribution in [3.05, 3.63) is 35.0 Å². The van der Waals surface area contributed by atoms with Gasteiger partial charge in [-0.1, -0.05) is 17.7 Å². The number of rotatable bonds is 0. The zero-order valence-corrected chi connectivity index (χ0v) is 8.71. The first kappa shape index (κ1) is 8.80. The van der Waals surface area contributed by atoms with Gasteiger partial charge in [0, 0.05) is 16.1 Å². The molecule has 3 nitrogen and oxygen atoms in total. The van der Waals surface area contributed by atoms with Crippen molar-refractivity contribution in [2.45, 2.75) is 13.1 Å². The molecule has 1 amide bonds. The summed E-state index contributed by atoms with van der Waals surface area (Å²) in [5, 5.41) is 4.65. The van der Waals surface area contributed by atoms with Crippen molar-refractivity contribution in [3.8, 4) is 0 Å². The van der Waals surface area contributed by atoms with Crippen LogP contribution in [-0.4, -0.2) is 10.5 Å². The number of amides is 1. The van der Waals surface area contributed by atoms with Crippen molar-refractivity contribution in [2.24, 2.45) is 0 Å². The molecule has 0 atom stereocenters. The van der Waals surface area contributed by atoms with E-state index in [0.717, 1.165) is 16.6 Å². The third-order valence-electron chi connectivity index (χ3n) is 2.72. The average molecular weight is 221 g/mol. The quantitative estimate of drug-likeness (QED) is 0.723. The van der Waals surface area contributed by atoms with Crippen molar-refractivity contribution in [2.75, 3.05) is 0 Å². The molecule has 1 aromatic heterocycles. The maximum absolute atomic E-state index is 11.3. The maximum atomic E-state index is 11.3. The summed E-state index contributed by atoms with van der Waals surface area (Å²) in [5.41, 5.74) is 2.17. The third-order valence-corrected chi connectivity index (χ3v) is 2.96. The summed E-state index contributed by atoms with van der Waals surface area (Å²) in [7, 11) is 0. The van der Waals surface area contributed by atoms with Crippen LogP contribution in [0.5, 0.6) is 0 Å². The van der Waals surface area contributed by atoms with Gasteiger partial charge in [-0.2, -0.15) is 0 Å². The van der Waals surface area contributed by atoms with E-state index >= 15 is 0 Å². The van der Waals surface area contributed by atoms with E-state index in [1.165, 1.54) is 0 Å². The molecule has 1 N–H and O–H groups in total. The van der Waals surface area contributed by atoms with Crippen molar-refractivity contribution in [1.82, 2.24) is 9.88 Å². The maximum Gasteiger partial charge on any atom is 0.240 e. The summed E-state index contributed by atoms with van der Waals surface area (Å²) in [6, 6.07) is 7.84. The molecule has 4 heteroatoms. The number of hydrogen-bond donors (Lipinski definition) is 1. The molecule has 1 aromatic carbocycles. The first-order valence-electron chi connectivity index (χ1n) is 4.78. The molecule has 2 aromatic rings. The van der Waals surface area contributed by atoms with Gasteiger partial charge in [0.2, 0.25) is 5.91 Å². The first-order chi connectivity index (χ1) is 7.24. The van der Waals surface area contributed by atoms with Gasteiger partial charge in [0.15, 0.2) is 0 Å². The second-order valence-electron chi connectivity index (χ2n) is 3.70. The lowest BCUT2D eigenvalue weighted by molar-refractivity contribution is -0.122. The Labute approximate surface area is 91.6 Å². The molecule has 0 radical (unpaired) electrons. The zero-order valence-electron chi connectivity index (χ0n) is 7.96. The minimum Gasteiger partial charge on any atom is -0.349 e. The number of hydrogen-bond acceptors (Lipinski definition) is 1. The van der Waals surface area contributed by atoms with Crippen LogP contribution in [0.2, 0.25) is 5.02 Å². The fourth-order valence-corrected chi connectivity index (χ4v) is 2.17. The summed E-state index contributed by atoms with van der Waals surface area (Å²) in [6.45, 7) is 0.990. The van der Waals surface area contributed by atoms with Gasteiger partial charge in [0.1, 0.15) is 6.54 Å². The molecule has 1 aliphatic rings. The fraction of sp³-hybridized carbons (Fsp3) is 0.182. The molecule has 2 heterocycles. The highest BCUT2D eigenvalue weighted by atomic mass is 35.5. The Hall–Kier alpha value is -1.48. The van der Waals surface area contributed by atoms with Crippen LogP contribution in [0.25, 0.3) is 10.9 Å². The lowest BCUT2D eigenvalue weighted by Crippen LogP contribution is -2.33. The van der Waals surface area contributed by atoms with E-state index in [0.29, 0.717) is 18.1 Å². The first-order valence-corrected chi connectivity index (χ1v) is 5.16. The molecule has 76 valence electrons. The number of nitrogens with zero attached hydrogens (tertiary/aromatic N) is 1. The summed E-state index contributed by atoms with van der Waals surface area (Å²) in [6.07, 6.45) is 0. The molecule has 15 heavy (non-hydrogen) atoms. The monoisotopic (exact) mass is 220 g/mol. The van der Waals surface area contributed by atoms with Crippen LogP contribution in [0.1, 0.15) is 5.69 Å². The van der Waals surface area contributed by atoms with Gasteiger partial charge in [0.25, 0.3) is 0 Å². The molecule has 0 aliphatic carbocycles. The second-order valence-corrected chi connectivity index (χ2v) is 4.14. The largest absolute Gasteiger partial charge is 0.349 e. The average Bonchev–Trinajstić information content (AvgIpc) is 2.56. The van der Waals surface area contributed by atoms with Crippen LogP contribution in [0, 0.1) is 0 Å². The topological polar surface area (TPSA) is 34.0 Å². The molecule has 0 unspecified atom stereocenters. The number of benzene rings is 1. The second kappa shape index (κ2) is 3.00. The Kier molecular flexibility index (Phi) is 1.76. The predicted octanol–water partition coefficient (Wildman–Crippen LogP) is 1.92. The van der Waals surface area contributed by atoms with Gasteiger partial charge in [-0.05, 0) is 18.2 Å². The lowest BCUT2D eigenvalue weighted by atomic mass is 10.2. The van der Waals surface area contributed by atoms with Crippen LogP contribution in [0.4, 0.5) is 0 Å². The van der Waals surface area contributed by atoms with Crippen molar-refractivity contribution >= 4 is 28.4 Å². The highest BCUT2D eigenvalue weighted by Gasteiger charge is 2.16. The number of carbonyl (C=O) groups excluding carboxylic acids is 1. The molecular formula is C11H9ClN2O. The minimum atomic E-state index is 0.0555. The molecule has 0 saturated carbocycles. The highest BCUT2D eigenvalue weighted by molar-refractivity contribution is 6.31. The number of nitrogens with one attached hydrogen (secondary N) is 1. The molecule has 3 rings (SSSR count). The Bertz CT molecular complexity index is 559. The minimum absolute atomic E-state index is 0.0555. The van der Waals surface area contributed by atoms with E-state index in [9.17, 15) is 4.79 Å². The van der Waals surface area contributed by atoms with E-state index in [1.54, 1.807) is 0 Å². The zero-order chi connectivity index (χ0) is 10.4. The lowest BCUT2D eigenvalue weighted by Gasteiger charge is -2.16. The van der Waals surface area contributed by atoms with Crippen LogP contribution >= 0.6 is 11.6 Å². The smallest absolute Gasteiger partial charge is 0.240 e. The molecule has 0 bridgehead atoms. The predicted molar refractivity (Wildman–Crippen MR) is 58.8 cm³/mol. The molecular weight excluding hydrogens is 212 g/mol. The van der Waals surface area contributed by atoms with E-state index in [-0.39, 0.29) is 5.91 Å². The normalized spacial score (nSPS) is 15.1. The SMILES string of the molecule is O=C1Cn2c(cc3ccc(Cl)cc32)CN1. The van der Waals surface area contributed by atoms with Gasteiger partial charge >= 0.3 is 0 Å². The van der Waals surface area contributed by atoms with E-state index in [1.807, 2.05) is 22.8 Å². The molecule has 0 spiro atoms. The molecule has 0 fully saturated rings. The van der Waals surface area contributed by atoms with Crippen LogP contribution in [-0.2, 0) is 17.9 Å². The summed E-state index contributed by atoms with van der Waals surface area (Å²) >= 11 is 5.94. The van der Waals surface area contributed by atoms with Gasteiger partial charge in [0.05, 0.1) is 12.1 Å². The number of halogens is 1. The standard InChI is InChI=1S/C11H9ClN2O/c12-8-2-1-7-3-9-5-13-11(15)6-14(9)10(7)4-8/h1-4H,5-6H2,(H,13,15). The summed E-state index contributed by atoms with van der Waals surface area (Å²) < 4.78 is 2.01. The van der Waals surface area contributed by atoms with Gasteiger partial charge in [-0.15, -0.1) is 0 Å². The Morgan fingerprint density at radius 3 is 3.07 bits per heavy atom. The van der Waals surface area contributed by atoms with Crippen molar-refractivity contribution < 1.29 is 4.79 Å². The fourth-order valence-electron chi connectivity index (χ4n) is 2.01. The summed E-state index contributed by atoms with van der Waals surface area (Å²) in [4.78, 5) is 11.3. The van der Waals surface area contributed by atoms with Crippen LogP contribution in [0.15, 0.2) is 24.3 Å². The van der Waals surface area contributed by atoms with E-state index < -0.39 is 0 Å². The van der Waals surface area contributed by atoms with Crippen LogP contribution in [0.3, 0.4) is 0 Å².